The summed E-state index contributed by atoms with van der Waals surface area (Å²) in [6.07, 6.45) is -20.3. The normalized spacial score (nSPS) is 25.6. The molecule has 0 saturated heterocycles. The van der Waals surface area contributed by atoms with Gasteiger partial charge in [0.15, 0.2) is 0 Å². The van der Waals surface area contributed by atoms with Gasteiger partial charge in [0.1, 0.15) is 0 Å². The monoisotopic (exact) mass is 369 g/mol. The minimum absolute atomic E-state index is 0.207. The first-order chi connectivity index (χ1) is 10.0. The maximum Gasteiger partial charge on any atom is 0.458 e. The first kappa shape index (κ1) is 19.6. The van der Waals surface area contributed by atoms with Gasteiger partial charge >= 0.3 is 30.0 Å². The third-order valence-electron chi connectivity index (χ3n) is 2.90. The molecule has 0 aromatic carbocycles. The van der Waals surface area contributed by atoms with Crippen LogP contribution in [0.4, 0.5) is 48.3 Å². The molecule has 1 N–H and O–H groups in total. The number of hydrogen-bond acceptors (Lipinski definition) is 4. The van der Waals surface area contributed by atoms with E-state index >= 15 is 0 Å². The zero-order valence-corrected chi connectivity index (χ0v) is 10.7. The molecule has 23 heavy (non-hydrogen) atoms. The second-order valence-corrected chi connectivity index (χ2v) is 4.21. The van der Waals surface area contributed by atoms with E-state index in [1.807, 2.05) is 10.3 Å². The van der Waals surface area contributed by atoms with Crippen LogP contribution in [0, 0.1) is 0 Å². The van der Waals surface area contributed by atoms with Gasteiger partial charge in [0, 0.05) is 6.61 Å². The molecule has 1 aliphatic rings. The van der Waals surface area contributed by atoms with Crippen LogP contribution in [0.15, 0.2) is 10.3 Å². The van der Waals surface area contributed by atoms with E-state index in [0.717, 1.165) is 0 Å². The fourth-order valence-electron chi connectivity index (χ4n) is 1.92. The number of ether oxygens (including phenoxy) is 1. The summed E-state index contributed by atoms with van der Waals surface area (Å²) in [6, 6.07) is 0. The lowest BCUT2D eigenvalue weighted by atomic mass is 9.81. The molecule has 1 atom stereocenters. The fraction of sp³-hybridized carbons (Fsp3) is 1.00. The van der Waals surface area contributed by atoms with Crippen LogP contribution in [-0.2, 0) is 4.74 Å². The van der Waals surface area contributed by atoms with Gasteiger partial charge < -0.3 is 4.74 Å². The number of alkyl halides is 11. The third kappa shape index (κ3) is 2.30. The Kier molecular flexibility index (Phi) is 4.30. The molecule has 136 valence electrons. The summed E-state index contributed by atoms with van der Waals surface area (Å²) in [6.45, 7) is -0.764. The minimum Gasteiger partial charge on any atom is -0.345 e. The van der Waals surface area contributed by atoms with Gasteiger partial charge in [-0.15, -0.1) is 5.11 Å². The molecule has 4 nitrogen and oxygen atoms in total. The van der Waals surface area contributed by atoms with Crippen LogP contribution in [-0.4, -0.2) is 42.3 Å². The van der Waals surface area contributed by atoms with E-state index in [4.69, 9.17) is 0 Å². The molecule has 0 amide bonds. The van der Waals surface area contributed by atoms with Crippen molar-refractivity contribution in [2.45, 2.75) is 42.6 Å². The summed E-state index contributed by atoms with van der Waals surface area (Å²) >= 11 is 0. The van der Waals surface area contributed by atoms with Gasteiger partial charge in [-0.25, -0.2) is 0 Å². The van der Waals surface area contributed by atoms with Crippen LogP contribution < -0.4 is 5.43 Å². The largest absolute Gasteiger partial charge is 0.458 e. The van der Waals surface area contributed by atoms with E-state index in [0.29, 0.717) is 6.92 Å². The van der Waals surface area contributed by atoms with Crippen molar-refractivity contribution in [2.24, 2.45) is 10.3 Å². The molecule has 15 heteroatoms. The SMILES string of the molecule is CCOC1(C(F)(F)C(F)(F)F)N=NNC1(C(F)(F)F)C(F)(F)F. The van der Waals surface area contributed by atoms with Gasteiger partial charge in [-0.2, -0.15) is 48.3 Å². The average Bonchev–Trinajstić information content (AvgIpc) is 2.68. The standard InChI is InChI=1S/C8H6F11N3O/c1-2-23-5(4(9,10)8(17,18)19)3(6(11,12)13,7(14,15)16)20-22-21-5/h2H2,1H3,(H,20,21). The molecule has 1 unspecified atom stereocenters. The van der Waals surface area contributed by atoms with Gasteiger partial charge in [0.05, 0.1) is 0 Å². The van der Waals surface area contributed by atoms with Crippen LogP contribution in [0.25, 0.3) is 0 Å². The van der Waals surface area contributed by atoms with Gasteiger partial charge in [-0.05, 0) is 6.92 Å². The van der Waals surface area contributed by atoms with E-state index in [-0.39, 0.29) is 5.43 Å². The van der Waals surface area contributed by atoms with Gasteiger partial charge in [-0.3, -0.25) is 5.43 Å². The number of rotatable bonds is 3. The molecular weight excluding hydrogens is 363 g/mol. The second kappa shape index (κ2) is 5.04. The Hall–Kier alpha value is -1.41. The Balaban J connectivity index is 3.85. The highest BCUT2D eigenvalue weighted by Crippen LogP contribution is 2.61. The lowest BCUT2D eigenvalue weighted by Crippen LogP contribution is -2.81. The molecule has 1 aliphatic heterocycles. The molecule has 0 aromatic rings. The number of nitrogens with one attached hydrogen (secondary N) is 1. The van der Waals surface area contributed by atoms with Crippen LogP contribution in [0.3, 0.4) is 0 Å². The highest BCUT2D eigenvalue weighted by atomic mass is 19.4. The van der Waals surface area contributed by atoms with E-state index in [2.05, 4.69) is 4.74 Å². The van der Waals surface area contributed by atoms with E-state index in [1.54, 1.807) is 0 Å². The average molecular weight is 369 g/mol. The number of halogens is 11. The molecule has 0 fully saturated rings. The van der Waals surface area contributed by atoms with E-state index in [9.17, 15) is 48.3 Å². The smallest absolute Gasteiger partial charge is 0.345 e. The van der Waals surface area contributed by atoms with Crippen LogP contribution in [0.5, 0.6) is 0 Å². The summed E-state index contributed by atoms with van der Waals surface area (Å²) in [5.41, 5.74) is -11.1. The molecule has 0 spiro atoms. The maximum atomic E-state index is 13.6. The first-order valence-electron chi connectivity index (χ1n) is 5.43. The fourth-order valence-corrected chi connectivity index (χ4v) is 1.92. The van der Waals surface area contributed by atoms with Gasteiger partial charge in [0.25, 0.3) is 5.72 Å². The highest BCUT2D eigenvalue weighted by molar-refractivity contribution is 5.22. The third-order valence-corrected chi connectivity index (χ3v) is 2.90. The molecule has 1 heterocycles. The predicted octanol–water partition coefficient (Wildman–Crippen LogP) is 3.75. The molecule has 0 aliphatic carbocycles. The van der Waals surface area contributed by atoms with Crippen molar-refractivity contribution < 1.29 is 53.0 Å². The van der Waals surface area contributed by atoms with Crippen LogP contribution in [0.2, 0.25) is 0 Å². The Morgan fingerprint density at radius 1 is 0.870 bits per heavy atom. The summed E-state index contributed by atoms with van der Waals surface area (Å²) in [4.78, 5) is 0. The summed E-state index contributed by atoms with van der Waals surface area (Å²) in [5, 5.41) is 3.82. The number of nitrogens with zero attached hydrogens (tertiary/aromatic N) is 2. The lowest BCUT2D eigenvalue weighted by molar-refractivity contribution is -0.418. The molecule has 1 rings (SSSR count). The Bertz CT molecular complexity index is 465. The van der Waals surface area contributed by atoms with E-state index in [1.165, 1.54) is 0 Å². The predicted molar refractivity (Wildman–Crippen MR) is 48.2 cm³/mol. The first-order valence-corrected chi connectivity index (χ1v) is 5.43. The Morgan fingerprint density at radius 2 is 1.30 bits per heavy atom. The van der Waals surface area contributed by atoms with Crippen LogP contribution >= 0.6 is 0 Å². The zero-order chi connectivity index (χ0) is 18.5. The summed E-state index contributed by atoms with van der Waals surface area (Å²) in [7, 11) is 0. The van der Waals surface area contributed by atoms with Crippen molar-refractivity contribution in [3.8, 4) is 0 Å². The van der Waals surface area contributed by atoms with Crippen molar-refractivity contribution in [2.75, 3.05) is 6.61 Å². The van der Waals surface area contributed by atoms with Gasteiger partial charge in [-0.1, -0.05) is 5.22 Å². The lowest BCUT2D eigenvalue weighted by Gasteiger charge is -2.46. The van der Waals surface area contributed by atoms with Crippen molar-refractivity contribution in [1.29, 1.82) is 0 Å². The molecule has 0 saturated carbocycles. The summed E-state index contributed by atoms with van der Waals surface area (Å²) < 4.78 is 146. The molecule has 0 radical (unpaired) electrons. The number of hydrogen-bond donors (Lipinski definition) is 1. The Morgan fingerprint density at radius 3 is 1.61 bits per heavy atom. The highest BCUT2D eigenvalue weighted by Gasteiger charge is 2.93. The minimum atomic E-state index is -6.84. The molecule has 0 aromatic heterocycles. The topological polar surface area (TPSA) is 46.0 Å². The van der Waals surface area contributed by atoms with E-state index < -0.39 is 42.3 Å². The zero-order valence-electron chi connectivity index (χ0n) is 10.7. The Labute approximate surface area is 119 Å². The van der Waals surface area contributed by atoms with Gasteiger partial charge in [0.2, 0.25) is 0 Å². The quantitative estimate of drug-likeness (QED) is 0.771. The summed E-state index contributed by atoms with van der Waals surface area (Å²) in [5.74, 6) is -6.67. The second-order valence-electron chi connectivity index (χ2n) is 4.21. The van der Waals surface area contributed by atoms with Crippen molar-refractivity contribution in [1.82, 2.24) is 5.43 Å². The van der Waals surface area contributed by atoms with Crippen molar-refractivity contribution in [3.63, 3.8) is 0 Å². The maximum absolute atomic E-state index is 13.6. The molecular formula is C8H6F11N3O. The van der Waals surface area contributed by atoms with Crippen molar-refractivity contribution >= 4 is 0 Å². The van der Waals surface area contributed by atoms with Crippen LogP contribution in [0.1, 0.15) is 6.92 Å². The van der Waals surface area contributed by atoms with Crippen molar-refractivity contribution in [3.05, 3.63) is 0 Å². The molecule has 0 bridgehead atoms.